The molecule has 1 saturated carbocycles. The molecule has 3 rings (SSSR count). The third kappa shape index (κ3) is 2.80. The van der Waals surface area contributed by atoms with Crippen molar-refractivity contribution >= 4 is 22.6 Å². The quantitative estimate of drug-likeness (QED) is 0.733. The highest BCUT2D eigenvalue weighted by Gasteiger charge is 2.29. The molecule has 0 amide bonds. The summed E-state index contributed by atoms with van der Waals surface area (Å²) in [5.74, 6) is 2.71. The third-order valence-corrected chi connectivity index (χ3v) is 4.95. The van der Waals surface area contributed by atoms with Gasteiger partial charge in [-0.05, 0) is 49.3 Å². The van der Waals surface area contributed by atoms with Gasteiger partial charge >= 0.3 is 0 Å². The SMILES string of the molecule is CC1CCC(n2c(CCCl)nc3ccc(F)cc32)C(C)C1. The van der Waals surface area contributed by atoms with Gasteiger partial charge in [-0.25, -0.2) is 9.37 Å². The number of hydrogen-bond acceptors (Lipinski definition) is 1. The zero-order chi connectivity index (χ0) is 15.0. The van der Waals surface area contributed by atoms with Gasteiger partial charge in [0, 0.05) is 18.3 Å². The van der Waals surface area contributed by atoms with Crippen LogP contribution in [-0.4, -0.2) is 15.4 Å². The summed E-state index contributed by atoms with van der Waals surface area (Å²) in [7, 11) is 0. The Morgan fingerprint density at radius 2 is 2.14 bits per heavy atom. The fourth-order valence-corrected chi connectivity index (χ4v) is 3.95. The van der Waals surface area contributed by atoms with Crippen LogP contribution in [0.3, 0.4) is 0 Å². The van der Waals surface area contributed by atoms with Crippen LogP contribution in [0.15, 0.2) is 18.2 Å². The van der Waals surface area contributed by atoms with Gasteiger partial charge in [-0.1, -0.05) is 13.8 Å². The lowest BCUT2D eigenvalue weighted by atomic mass is 9.79. The predicted molar refractivity (Wildman–Crippen MR) is 85.3 cm³/mol. The molecule has 0 spiro atoms. The molecule has 1 aromatic heterocycles. The van der Waals surface area contributed by atoms with E-state index in [1.807, 2.05) is 0 Å². The Bertz CT molecular complexity index is 637. The number of halogens is 2. The smallest absolute Gasteiger partial charge is 0.125 e. The maximum Gasteiger partial charge on any atom is 0.125 e. The van der Waals surface area contributed by atoms with Gasteiger partial charge in [0.1, 0.15) is 11.6 Å². The minimum Gasteiger partial charge on any atom is -0.324 e. The highest BCUT2D eigenvalue weighted by molar-refractivity contribution is 6.17. The van der Waals surface area contributed by atoms with Gasteiger partial charge in [0.15, 0.2) is 0 Å². The number of imidazole rings is 1. The van der Waals surface area contributed by atoms with Gasteiger partial charge in [0.2, 0.25) is 0 Å². The van der Waals surface area contributed by atoms with E-state index in [0.717, 1.165) is 35.6 Å². The Morgan fingerprint density at radius 3 is 2.86 bits per heavy atom. The Morgan fingerprint density at radius 1 is 1.33 bits per heavy atom. The molecule has 0 bridgehead atoms. The van der Waals surface area contributed by atoms with Crippen molar-refractivity contribution in [3.63, 3.8) is 0 Å². The van der Waals surface area contributed by atoms with Gasteiger partial charge < -0.3 is 4.57 Å². The number of rotatable bonds is 3. The number of fused-ring (bicyclic) bond motifs is 1. The van der Waals surface area contributed by atoms with Crippen molar-refractivity contribution in [1.82, 2.24) is 9.55 Å². The van der Waals surface area contributed by atoms with Crippen molar-refractivity contribution in [2.45, 2.75) is 45.6 Å². The second kappa shape index (κ2) is 5.96. The molecule has 2 nitrogen and oxygen atoms in total. The average molecular weight is 309 g/mol. The van der Waals surface area contributed by atoms with Crippen LogP contribution in [0, 0.1) is 17.7 Å². The van der Waals surface area contributed by atoms with Crippen LogP contribution in [0.5, 0.6) is 0 Å². The van der Waals surface area contributed by atoms with E-state index in [9.17, 15) is 4.39 Å². The molecule has 0 N–H and O–H groups in total. The van der Waals surface area contributed by atoms with Crippen LogP contribution in [0.2, 0.25) is 0 Å². The van der Waals surface area contributed by atoms with Crippen molar-refractivity contribution in [2.75, 3.05) is 5.88 Å². The first-order chi connectivity index (χ1) is 10.1. The Hall–Kier alpha value is -1.09. The largest absolute Gasteiger partial charge is 0.324 e. The summed E-state index contributed by atoms with van der Waals surface area (Å²) in [6.45, 7) is 4.62. The van der Waals surface area contributed by atoms with Gasteiger partial charge in [-0.2, -0.15) is 0 Å². The average Bonchev–Trinajstić information content (AvgIpc) is 2.77. The lowest BCUT2D eigenvalue weighted by Gasteiger charge is -2.34. The number of alkyl halides is 1. The molecule has 3 unspecified atom stereocenters. The van der Waals surface area contributed by atoms with E-state index in [-0.39, 0.29) is 5.82 Å². The topological polar surface area (TPSA) is 17.8 Å². The molecule has 1 aliphatic rings. The summed E-state index contributed by atoms with van der Waals surface area (Å²) < 4.78 is 15.9. The summed E-state index contributed by atoms with van der Waals surface area (Å²) in [5.41, 5.74) is 1.80. The number of hydrogen-bond donors (Lipinski definition) is 0. The number of nitrogens with zero attached hydrogens (tertiary/aromatic N) is 2. The zero-order valence-corrected chi connectivity index (χ0v) is 13.4. The predicted octanol–water partition coefficient (Wildman–Crippen LogP) is 4.95. The van der Waals surface area contributed by atoms with Crippen LogP contribution >= 0.6 is 11.6 Å². The molecule has 0 aliphatic heterocycles. The van der Waals surface area contributed by atoms with Crippen LogP contribution < -0.4 is 0 Å². The van der Waals surface area contributed by atoms with Crippen molar-refractivity contribution in [3.8, 4) is 0 Å². The molecular weight excluding hydrogens is 287 g/mol. The van der Waals surface area contributed by atoms with E-state index < -0.39 is 0 Å². The van der Waals surface area contributed by atoms with Gasteiger partial charge in [-0.3, -0.25) is 0 Å². The molecule has 1 aliphatic carbocycles. The van der Waals surface area contributed by atoms with E-state index in [2.05, 4.69) is 23.4 Å². The van der Waals surface area contributed by atoms with E-state index >= 15 is 0 Å². The second-order valence-corrected chi connectivity index (χ2v) is 6.81. The molecule has 1 heterocycles. The first-order valence-electron chi connectivity index (χ1n) is 7.82. The van der Waals surface area contributed by atoms with E-state index in [1.165, 1.54) is 18.9 Å². The van der Waals surface area contributed by atoms with E-state index in [0.29, 0.717) is 17.8 Å². The zero-order valence-electron chi connectivity index (χ0n) is 12.6. The molecule has 0 saturated heterocycles. The van der Waals surface area contributed by atoms with Crippen molar-refractivity contribution < 1.29 is 4.39 Å². The third-order valence-electron chi connectivity index (χ3n) is 4.76. The Labute approximate surface area is 130 Å². The number of aromatic nitrogens is 2. The minimum absolute atomic E-state index is 0.196. The van der Waals surface area contributed by atoms with E-state index in [4.69, 9.17) is 11.6 Å². The molecule has 1 fully saturated rings. The highest BCUT2D eigenvalue weighted by atomic mass is 35.5. The maximum atomic E-state index is 13.7. The fraction of sp³-hybridized carbons (Fsp3) is 0.588. The Kier molecular flexibility index (Phi) is 4.21. The standard InChI is InChI=1S/C17H22ClFN2/c1-11-3-6-15(12(2)9-11)21-16-10-13(19)4-5-14(16)20-17(21)7-8-18/h4-5,10-12,15H,3,6-9H2,1-2H3. The minimum atomic E-state index is -0.196. The number of aryl methyl sites for hydroxylation is 1. The molecule has 0 radical (unpaired) electrons. The van der Waals surface area contributed by atoms with Crippen LogP contribution in [-0.2, 0) is 6.42 Å². The van der Waals surface area contributed by atoms with Crippen molar-refractivity contribution in [1.29, 1.82) is 0 Å². The van der Waals surface area contributed by atoms with Gasteiger partial charge in [0.25, 0.3) is 0 Å². The van der Waals surface area contributed by atoms with Gasteiger partial charge in [-0.15, -0.1) is 11.6 Å². The van der Waals surface area contributed by atoms with Gasteiger partial charge in [0.05, 0.1) is 11.0 Å². The summed E-state index contributed by atoms with van der Waals surface area (Å²) in [4.78, 5) is 4.68. The normalized spacial score (nSPS) is 26.4. The first kappa shape index (κ1) is 14.8. The second-order valence-electron chi connectivity index (χ2n) is 6.43. The molecule has 21 heavy (non-hydrogen) atoms. The maximum absolute atomic E-state index is 13.7. The lowest BCUT2D eigenvalue weighted by Crippen LogP contribution is -2.26. The molecule has 3 atom stereocenters. The van der Waals surface area contributed by atoms with Crippen LogP contribution in [0.1, 0.15) is 45.0 Å². The van der Waals surface area contributed by atoms with E-state index in [1.54, 1.807) is 12.1 Å². The Balaban J connectivity index is 2.10. The van der Waals surface area contributed by atoms with Crippen molar-refractivity contribution in [3.05, 3.63) is 29.8 Å². The molecule has 4 heteroatoms. The summed E-state index contributed by atoms with van der Waals surface area (Å²) in [6.07, 6.45) is 4.32. The molecular formula is C17H22ClFN2. The molecule has 2 aromatic rings. The molecule has 114 valence electrons. The highest BCUT2D eigenvalue weighted by Crippen LogP contribution is 2.39. The fourth-order valence-electron chi connectivity index (χ4n) is 3.78. The summed E-state index contributed by atoms with van der Waals surface area (Å²) in [6, 6.07) is 5.28. The number of benzene rings is 1. The molecule has 1 aromatic carbocycles. The summed E-state index contributed by atoms with van der Waals surface area (Å²) in [5, 5.41) is 0. The van der Waals surface area contributed by atoms with Crippen LogP contribution in [0.25, 0.3) is 11.0 Å². The van der Waals surface area contributed by atoms with Crippen molar-refractivity contribution in [2.24, 2.45) is 11.8 Å². The lowest BCUT2D eigenvalue weighted by molar-refractivity contribution is 0.208. The van der Waals surface area contributed by atoms with Crippen LogP contribution in [0.4, 0.5) is 4.39 Å². The monoisotopic (exact) mass is 308 g/mol. The first-order valence-corrected chi connectivity index (χ1v) is 8.36. The summed E-state index contributed by atoms with van der Waals surface area (Å²) >= 11 is 5.94.